The molecule has 0 aromatic carbocycles. The van der Waals surface area contributed by atoms with Crippen LogP contribution in [0.25, 0.3) is 0 Å². The van der Waals surface area contributed by atoms with Crippen molar-refractivity contribution in [2.24, 2.45) is 0 Å². The lowest BCUT2D eigenvalue weighted by Gasteiger charge is -2.06. The fraction of sp³-hybridized carbons (Fsp3) is 0.750. The number of halogens is 1. The van der Waals surface area contributed by atoms with Crippen molar-refractivity contribution in [3.8, 4) is 0 Å². The zero-order valence-corrected chi connectivity index (χ0v) is 14.2. The summed E-state index contributed by atoms with van der Waals surface area (Å²) in [5, 5.41) is 10.6. The Hall–Kier alpha value is -0.620. The van der Waals surface area contributed by atoms with Gasteiger partial charge in [-0.1, -0.05) is 5.21 Å². The lowest BCUT2D eigenvalue weighted by Crippen LogP contribution is -2.17. The highest BCUT2D eigenvalue weighted by molar-refractivity contribution is 14.1. The van der Waals surface area contributed by atoms with Crippen molar-refractivity contribution in [2.45, 2.75) is 6.54 Å². The fourth-order valence-corrected chi connectivity index (χ4v) is 1.62. The Bertz CT molecular complexity index is 402. The molecule has 0 fully saturated rings. The Kier molecular flexibility index (Phi) is 10.5. The summed E-state index contributed by atoms with van der Waals surface area (Å²) in [5.74, 6) is 0. The number of hydrogen-bond acceptors (Lipinski definition) is 7. The fourth-order valence-electron chi connectivity index (χ4n) is 1.37. The van der Waals surface area contributed by atoms with E-state index in [2.05, 4.69) is 15.6 Å². The van der Waals surface area contributed by atoms with Gasteiger partial charge in [-0.3, -0.25) is 4.79 Å². The topological polar surface area (TPSA) is 87.5 Å². The smallest absolute Gasteiger partial charge is 0.244 e. The minimum atomic E-state index is -0.120. The van der Waals surface area contributed by atoms with Gasteiger partial charge in [0.1, 0.15) is 0 Å². The second-order valence-electron chi connectivity index (χ2n) is 4.08. The molecule has 0 spiro atoms. The summed E-state index contributed by atoms with van der Waals surface area (Å²) in [6, 6.07) is 0. The van der Waals surface area contributed by atoms with E-state index in [4.69, 9.17) is 14.2 Å². The van der Waals surface area contributed by atoms with E-state index in [0.717, 1.165) is 6.54 Å². The van der Waals surface area contributed by atoms with Crippen LogP contribution in [0.15, 0.2) is 6.20 Å². The van der Waals surface area contributed by atoms with Crippen molar-refractivity contribution in [1.82, 2.24) is 20.3 Å². The van der Waals surface area contributed by atoms with Gasteiger partial charge in [-0.25, -0.2) is 4.68 Å². The molecule has 0 saturated heterocycles. The van der Waals surface area contributed by atoms with Crippen molar-refractivity contribution in [1.29, 1.82) is 0 Å². The summed E-state index contributed by atoms with van der Waals surface area (Å²) < 4.78 is 17.5. The Morgan fingerprint density at radius 2 is 1.81 bits per heavy atom. The molecule has 1 heterocycles. The van der Waals surface area contributed by atoms with E-state index in [1.54, 1.807) is 33.5 Å². The molecule has 0 aliphatic heterocycles. The summed E-state index contributed by atoms with van der Waals surface area (Å²) in [7, 11) is 1.89. The van der Waals surface area contributed by atoms with Crippen molar-refractivity contribution in [2.75, 3.05) is 53.2 Å². The summed E-state index contributed by atoms with van der Waals surface area (Å²) >= 11 is 1.68. The maximum Gasteiger partial charge on any atom is 0.244 e. The minimum Gasteiger partial charge on any atom is -0.378 e. The molecular formula is C12H21IN4O4. The largest absolute Gasteiger partial charge is 0.378 e. The molecule has 0 saturated carbocycles. The molecule has 0 bridgehead atoms. The first-order valence-corrected chi connectivity index (χ1v) is 7.79. The number of likely N-dealkylation sites (N-methyl/N-ethyl adjacent to an activating group) is 1. The van der Waals surface area contributed by atoms with Crippen LogP contribution in [0.2, 0.25) is 0 Å². The van der Waals surface area contributed by atoms with E-state index >= 15 is 0 Å². The van der Waals surface area contributed by atoms with Gasteiger partial charge in [0.15, 0.2) is 5.69 Å². The quantitative estimate of drug-likeness (QED) is 0.280. The predicted octanol–water partition coefficient (Wildman–Crippen LogP) is 0.123. The van der Waals surface area contributed by atoms with Crippen LogP contribution in [0.3, 0.4) is 0 Å². The highest BCUT2D eigenvalue weighted by Crippen LogP contribution is 2.00. The number of ether oxygens (including phenoxy) is 3. The van der Waals surface area contributed by atoms with Gasteiger partial charge in [0.25, 0.3) is 0 Å². The second kappa shape index (κ2) is 12.0. The number of nitrogens with zero attached hydrogens (tertiary/aromatic N) is 3. The normalized spacial score (nSPS) is 11.0. The molecule has 0 aliphatic rings. The van der Waals surface area contributed by atoms with Crippen LogP contribution in [0.4, 0.5) is 0 Å². The van der Waals surface area contributed by atoms with E-state index in [1.807, 2.05) is 7.05 Å². The molecule has 0 aliphatic carbocycles. The molecule has 0 amide bonds. The first-order chi connectivity index (χ1) is 10.2. The molecule has 8 nitrogen and oxygen atoms in total. The van der Waals surface area contributed by atoms with E-state index in [-0.39, 0.29) is 3.79 Å². The number of carbonyl (C=O) groups is 1. The van der Waals surface area contributed by atoms with Crippen molar-refractivity contribution in [3.63, 3.8) is 0 Å². The van der Waals surface area contributed by atoms with Crippen LogP contribution in [0.5, 0.6) is 0 Å². The predicted molar refractivity (Wildman–Crippen MR) is 84.8 cm³/mol. The van der Waals surface area contributed by atoms with Gasteiger partial charge in [-0.05, 0) is 7.05 Å². The average molecular weight is 412 g/mol. The minimum absolute atomic E-state index is 0.120. The van der Waals surface area contributed by atoms with Gasteiger partial charge >= 0.3 is 0 Å². The molecule has 1 aromatic rings. The molecule has 9 heteroatoms. The third-order valence-corrected chi connectivity index (χ3v) is 3.00. The van der Waals surface area contributed by atoms with Crippen LogP contribution >= 0.6 is 22.6 Å². The first-order valence-electron chi connectivity index (χ1n) is 6.72. The number of rotatable bonds is 13. The van der Waals surface area contributed by atoms with E-state index in [0.29, 0.717) is 51.9 Å². The second-order valence-corrected chi connectivity index (χ2v) is 5.06. The third-order valence-electron chi connectivity index (χ3n) is 2.45. The van der Waals surface area contributed by atoms with Crippen molar-refractivity contribution in [3.05, 3.63) is 11.9 Å². The lowest BCUT2D eigenvalue weighted by molar-refractivity contribution is 0.0134. The van der Waals surface area contributed by atoms with Crippen molar-refractivity contribution < 1.29 is 19.0 Å². The molecule has 1 rings (SSSR count). The zero-order chi connectivity index (χ0) is 15.3. The molecule has 120 valence electrons. The molecule has 0 unspecified atom stereocenters. The number of hydrogen-bond donors (Lipinski definition) is 1. The zero-order valence-electron chi connectivity index (χ0n) is 12.1. The molecule has 21 heavy (non-hydrogen) atoms. The molecule has 0 atom stereocenters. The summed E-state index contributed by atoms with van der Waals surface area (Å²) in [4.78, 5) is 11.0. The van der Waals surface area contributed by atoms with E-state index < -0.39 is 0 Å². The Morgan fingerprint density at radius 1 is 1.19 bits per heavy atom. The van der Waals surface area contributed by atoms with Crippen LogP contribution in [0.1, 0.15) is 10.5 Å². The van der Waals surface area contributed by atoms with Gasteiger partial charge in [0.05, 0.1) is 52.4 Å². The van der Waals surface area contributed by atoms with Gasteiger partial charge in [-0.2, -0.15) is 0 Å². The van der Waals surface area contributed by atoms with Crippen LogP contribution in [-0.4, -0.2) is 72.0 Å². The van der Waals surface area contributed by atoms with E-state index in [1.165, 1.54) is 0 Å². The standard InChI is InChI=1S/C12H21IN4O4/c1-14-2-4-19-6-8-21-9-7-20-5-3-17-10-11(12(13)18)15-16-17/h10,14H,2-9H2,1H3. The molecular weight excluding hydrogens is 391 g/mol. The maximum atomic E-state index is 11.0. The Labute approximate surface area is 137 Å². The first kappa shape index (κ1) is 18.4. The number of carbonyl (C=O) groups excluding carboxylic acids is 1. The van der Waals surface area contributed by atoms with Gasteiger partial charge in [-0.15, -0.1) is 5.10 Å². The highest BCUT2D eigenvalue weighted by atomic mass is 127. The highest BCUT2D eigenvalue weighted by Gasteiger charge is 2.06. The van der Waals surface area contributed by atoms with Crippen LogP contribution < -0.4 is 5.32 Å². The van der Waals surface area contributed by atoms with Gasteiger partial charge in [0.2, 0.25) is 3.79 Å². The summed E-state index contributed by atoms with van der Waals surface area (Å²) in [6.07, 6.45) is 1.61. The lowest BCUT2D eigenvalue weighted by atomic mass is 10.5. The molecule has 0 radical (unpaired) electrons. The number of nitrogens with one attached hydrogen (secondary N) is 1. The van der Waals surface area contributed by atoms with Crippen molar-refractivity contribution >= 4 is 26.4 Å². The Balaban J connectivity index is 1.89. The van der Waals surface area contributed by atoms with Crippen LogP contribution in [0, 0.1) is 0 Å². The number of aromatic nitrogens is 3. The maximum absolute atomic E-state index is 11.0. The monoisotopic (exact) mass is 412 g/mol. The van der Waals surface area contributed by atoms with Gasteiger partial charge in [0, 0.05) is 29.1 Å². The molecule has 1 aromatic heterocycles. The third kappa shape index (κ3) is 9.09. The Morgan fingerprint density at radius 3 is 2.38 bits per heavy atom. The average Bonchev–Trinajstić information content (AvgIpc) is 2.94. The summed E-state index contributed by atoms with van der Waals surface area (Å²) in [6.45, 7) is 4.80. The van der Waals surface area contributed by atoms with E-state index in [9.17, 15) is 4.79 Å². The SMILES string of the molecule is CNCCOCCOCCOCCn1cc(C(=O)I)nn1. The van der Waals surface area contributed by atoms with Gasteiger partial charge < -0.3 is 19.5 Å². The molecule has 1 N–H and O–H groups in total. The summed E-state index contributed by atoms with van der Waals surface area (Å²) in [5.41, 5.74) is 0.359. The van der Waals surface area contributed by atoms with Crippen LogP contribution in [-0.2, 0) is 20.8 Å².